The molecule has 0 fully saturated rings. The largest absolute Gasteiger partial charge is 0.480 e. The minimum Gasteiger partial charge on any atom is -0.480 e. The lowest BCUT2D eigenvalue weighted by atomic mass is 10.0. The van der Waals surface area contributed by atoms with E-state index < -0.39 is 12.0 Å². The van der Waals surface area contributed by atoms with E-state index in [2.05, 4.69) is 12.1 Å². The van der Waals surface area contributed by atoms with Gasteiger partial charge >= 0.3 is 5.97 Å². The lowest BCUT2D eigenvalue weighted by Crippen LogP contribution is -2.32. The molecule has 0 amide bonds. The highest BCUT2D eigenvalue weighted by Crippen LogP contribution is 2.11. The Hall–Kier alpha value is -1.56. The summed E-state index contributed by atoms with van der Waals surface area (Å²) < 4.78 is 4.99. The van der Waals surface area contributed by atoms with Crippen LogP contribution in [0.25, 0.3) is 0 Å². The lowest BCUT2D eigenvalue weighted by Gasteiger charge is -2.04. The standard InChI is InChI=1S/C12H20N2O4/c1-2-3-4-5-6-8-10(18-14-11(8)15)7-9(13)12(16)17/h9H,2-7,13H2,1H3,(H,14,15)(H,16,17)/t9-/m1/s1. The normalized spacial score (nSPS) is 12.6. The fourth-order valence-corrected chi connectivity index (χ4v) is 1.79. The Bertz CT molecular complexity index is 436. The molecule has 0 spiro atoms. The maximum absolute atomic E-state index is 11.5. The third-order valence-corrected chi connectivity index (χ3v) is 2.88. The molecule has 1 aromatic rings. The zero-order valence-corrected chi connectivity index (χ0v) is 10.6. The van der Waals surface area contributed by atoms with Crippen LogP contribution < -0.4 is 11.3 Å². The molecule has 0 bridgehead atoms. The number of aromatic nitrogens is 1. The number of hydrogen-bond acceptors (Lipinski definition) is 4. The molecule has 0 aliphatic heterocycles. The first kappa shape index (κ1) is 14.5. The topological polar surface area (TPSA) is 109 Å². The van der Waals surface area contributed by atoms with Gasteiger partial charge in [0.05, 0.1) is 5.56 Å². The summed E-state index contributed by atoms with van der Waals surface area (Å²) in [5.74, 6) is -0.734. The average Bonchev–Trinajstić information content (AvgIpc) is 2.66. The molecule has 1 heterocycles. The summed E-state index contributed by atoms with van der Waals surface area (Å²) in [4.78, 5) is 22.2. The van der Waals surface area contributed by atoms with Gasteiger partial charge in [0.2, 0.25) is 0 Å². The van der Waals surface area contributed by atoms with Crippen molar-refractivity contribution < 1.29 is 14.4 Å². The fourth-order valence-electron chi connectivity index (χ4n) is 1.79. The second-order valence-electron chi connectivity index (χ2n) is 4.39. The number of rotatable bonds is 8. The van der Waals surface area contributed by atoms with Crippen LogP contribution in [0, 0.1) is 0 Å². The van der Waals surface area contributed by atoms with Crippen LogP contribution in [-0.2, 0) is 17.6 Å². The Morgan fingerprint density at radius 2 is 2.17 bits per heavy atom. The summed E-state index contributed by atoms with van der Waals surface area (Å²) in [6.07, 6.45) is 4.83. The van der Waals surface area contributed by atoms with Crippen molar-refractivity contribution in [2.45, 2.75) is 51.5 Å². The van der Waals surface area contributed by atoms with Gasteiger partial charge in [-0.05, 0) is 12.8 Å². The molecule has 102 valence electrons. The second-order valence-corrected chi connectivity index (χ2v) is 4.39. The van der Waals surface area contributed by atoms with E-state index in [1.54, 1.807) is 0 Å². The second kappa shape index (κ2) is 7.00. The molecule has 1 rings (SSSR count). The number of unbranched alkanes of at least 4 members (excludes halogenated alkanes) is 3. The van der Waals surface area contributed by atoms with E-state index in [-0.39, 0.29) is 12.0 Å². The van der Waals surface area contributed by atoms with Crippen molar-refractivity contribution in [3.05, 3.63) is 21.7 Å². The highest BCUT2D eigenvalue weighted by atomic mass is 16.5. The van der Waals surface area contributed by atoms with Gasteiger partial charge in [-0.2, -0.15) is 5.16 Å². The first-order chi connectivity index (χ1) is 8.56. The van der Waals surface area contributed by atoms with Gasteiger partial charge in [0.25, 0.3) is 5.56 Å². The first-order valence-corrected chi connectivity index (χ1v) is 6.23. The maximum atomic E-state index is 11.5. The molecule has 0 unspecified atom stereocenters. The molecule has 18 heavy (non-hydrogen) atoms. The summed E-state index contributed by atoms with van der Waals surface area (Å²) >= 11 is 0. The fraction of sp³-hybridized carbons (Fsp3) is 0.667. The molecular formula is C12H20N2O4. The van der Waals surface area contributed by atoms with Crippen molar-refractivity contribution in [1.82, 2.24) is 5.16 Å². The lowest BCUT2D eigenvalue weighted by molar-refractivity contribution is -0.138. The number of H-pyrrole nitrogens is 1. The van der Waals surface area contributed by atoms with Crippen LogP contribution in [0.3, 0.4) is 0 Å². The molecule has 6 heteroatoms. The van der Waals surface area contributed by atoms with Crippen molar-refractivity contribution in [3.8, 4) is 0 Å². The predicted molar refractivity (Wildman–Crippen MR) is 66.5 cm³/mol. The molecule has 1 aromatic heterocycles. The Labute approximate surface area is 105 Å². The zero-order valence-electron chi connectivity index (χ0n) is 10.6. The van der Waals surface area contributed by atoms with Crippen LogP contribution in [0.1, 0.15) is 43.9 Å². The maximum Gasteiger partial charge on any atom is 0.320 e. The molecule has 0 aliphatic rings. The van der Waals surface area contributed by atoms with Gasteiger partial charge in [0.15, 0.2) is 0 Å². The molecule has 0 aliphatic carbocycles. The van der Waals surface area contributed by atoms with Crippen LogP contribution in [0.15, 0.2) is 9.32 Å². The van der Waals surface area contributed by atoms with Crippen molar-refractivity contribution >= 4 is 5.97 Å². The minimum absolute atomic E-state index is 0.0389. The Balaban J connectivity index is 2.63. The molecule has 4 N–H and O–H groups in total. The number of aromatic amines is 1. The predicted octanol–water partition coefficient (Wildman–Crippen LogP) is 1.05. The van der Waals surface area contributed by atoms with Gasteiger partial charge < -0.3 is 15.4 Å². The summed E-state index contributed by atoms with van der Waals surface area (Å²) in [5.41, 5.74) is 5.68. The zero-order chi connectivity index (χ0) is 13.5. The SMILES string of the molecule is CCCCCCc1c(C[C@@H](N)C(=O)O)o[nH]c1=O. The number of carbonyl (C=O) groups is 1. The van der Waals surface area contributed by atoms with E-state index in [0.717, 1.165) is 25.7 Å². The highest BCUT2D eigenvalue weighted by Gasteiger charge is 2.19. The monoisotopic (exact) mass is 256 g/mol. The van der Waals surface area contributed by atoms with E-state index in [4.69, 9.17) is 15.4 Å². The molecule has 0 saturated carbocycles. The Morgan fingerprint density at radius 1 is 1.44 bits per heavy atom. The van der Waals surface area contributed by atoms with Crippen LogP contribution in [0.2, 0.25) is 0 Å². The summed E-state index contributed by atoms with van der Waals surface area (Å²) in [6.45, 7) is 2.11. The van der Waals surface area contributed by atoms with Crippen LogP contribution in [0.5, 0.6) is 0 Å². The van der Waals surface area contributed by atoms with Gasteiger partial charge in [-0.25, -0.2) is 0 Å². The van der Waals surface area contributed by atoms with Gasteiger partial charge in [-0.15, -0.1) is 0 Å². The van der Waals surface area contributed by atoms with Crippen molar-refractivity contribution in [2.24, 2.45) is 5.73 Å². The van der Waals surface area contributed by atoms with E-state index in [0.29, 0.717) is 17.7 Å². The average molecular weight is 256 g/mol. The molecule has 6 nitrogen and oxygen atoms in total. The smallest absolute Gasteiger partial charge is 0.320 e. The van der Waals surface area contributed by atoms with Crippen molar-refractivity contribution in [2.75, 3.05) is 0 Å². The quantitative estimate of drug-likeness (QED) is 0.602. The van der Waals surface area contributed by atoms with E-state index in [1.807, 2.05) is 0 Å². The third kappa shape index (κ3) is 4.03. The van der Waals surface area contributed by atoms with Gasteiger partial charge in [0, 0.05) is 6.42 Å². The van der Waals surface area contributed by atoms with Crippen LogP contribution >= 0.6 is 0 Å². The third-order valence-electron chi connectivity index (χ3n) is 2.88. The molecule has 0 radical (unpaired) electrons. The Morgan fingerprint density at radius 3 is 2.78 bits per heavy atom. The number of carboxylic acids is 1. The molecule has 0 aromatic carbocycles. The number of aliphatic carboxylic acids is 1. The van der Waals surface area contributed by atoms with Crippen molar-refractivity contribution in [3.63, 3.8) is 0 Å². The van der Waals surface area contributed by atoms with Crippen LogP contribution in [0.4, 0.5) is 0 Å². The van der Waals surface area contributed by atoms with Gasteiger partial charge in [0.1, 0.15) is 11.8 Å². The summed E-state index contributed by atoms with van der Waals surface area (Å²) in [7, 11) is 0. The van der Waals surface area contributed by atoms with Gasteiger partial charge in [-0.3, -0.25) is 9.59 Å². The molecule has 1 atom stereocenters. The number of nitrogens with one attached hydrogen (secondary N) is 1. The van der Waals surface area contributed by atoms with E-state index in [9.17, 15) is 9.59 Å². The van der Waals surface area contributed by atoms with Gasteiger partial charge in [-0.1, -0.05) is 26.2 Å². The Kier molecular flexibility index (Phi) is 5.64. The van der Waals surface area contributed by atoms with Crippen molar-refractivity contribution in [1.29, 1.82) is 0 Å². The number of carboxylic acid groups (broad SMARTS) is 1. The van der Waals surface area contributed by atoms with E-state index >= 15 is 0 Å². The van der Waals surface area contributed by atoms with E-state index in [1.165, 1.54) is 0 Å². The minimum atomic E-state index is -1.10. The highest BCUT2D eigenvalue weighted by molar-refractivity contribution is 5.73. The summed E-state index contributed by atoms with van der Waals surface area (Å²) in [5, 5.41) is 11.0. The summed E-state index contributed by atoms with van der Waals surface area (Å²) in [6, 6.07) is -1.04. The van der Waals surface area contributed by atoms with Crippen LogP contribution in [-0.4, -0.2) is 22.3 Å². The molecular weight excluding hydrogens is 236 g/mol. The molecule has 0 saturated heterocycles. The first-order valence-electron chi connectivity index (χ1n) is 6.23. The number of nitrogens with two attached hydrogens (primary N) is 1. The number of hydrogen-bond donors (Lipinski definition) is 3.